The van der Waals surface area contributed by atoms with E-state index in [2.05, 4.69) is 13.8 Å². The summed E-state index contributed by atoms with van der Waals surface area (Å²) in [5.74, 6) is 0.298. The van der Waals surface area contributed by atoms with Crippen LogP contribution in [0.25, 0.3) is 0 Å². The maximum Gasteiger partial charge on any atom is 0.303 e. The van der Waals surface area contributed by atoms with E-state index in [-0.39, 0.29) is 12.3 Å². The van der Waals surface area contributed by atoms with Gasteiger partial charge in [0.15, 0.2) is 0 Å². The highest BCUT2D eigenvalue weighted by atomic mass is 16.4. The Morgan fingerprint density at radius 1 is 1.21 bits per heavy atom. The molecule has 1 atom stereocenters. The summed E-state index contributed by atoms with van der Waals surface area (Å²) < 4.78 is 0. The molecule has 0 spiro atoms. The monoisotopic (exact) mass is 272 g/mol. The molecule has 1 unspecified atom stereocenters. The van der Waals surface area contributed by atoms with Gasteiger partial charge in [-0.2, -0.15) is 0 Å². The first-order valence-corrected chi connectivity index (χ1v) is 7.04. The minimum Gasteiger partial charge on any atom is -0.481 e. The van der Waals surface area contributed by atoms with Crippen LogP contribution in [-0.2, 0) is 9.59 Å². The van der Waals surface area contributed by atoms with Crippen molar-refractivity contribution in [2.75, 3.05) is 20.1 Å². The van der Waals surface area contributed by atoms with Crippen molar-refractivity contribution in [3.05, 3.63) is 0 Å². The normalized spacial score (nSPS) is 12.5. The number of rotatable bonds is 10. The number of nitrogens with two attached hydrogens (primary N) is 1. The van der Waals surface area contributed by atoms with Gasteiger partial charge in [0.25, 0.3) is 0 Å². The van der Waals surface area contributed by atoms with Crippen LogP contribution in [0.3, 0.4) is 0 Å². The van der Waals surface area contributed by atoms with Gasteiger partial charge in [-0.15, -0.1) is 0 Å². The lowest BCUT2D eigenvalue weighted by molar-refractivity contribution is -0.138. The molecule has 5 heteroatoms. The summed E-state index contributed by atoms with van der Waals surface area (Å²) in [7, 11) is 1.73. The molecular formula is C14H28N2O3. The Kier molecular flexibility index (Phi) is 9.21. The molecule has 0 aliphatic carbocycles. The van der Waals surface area contributed by atoms with E-state index in [9.17, 15) is 9.59 Å². The van der Waals surface area contributed by atoms with E-state index in [1.54, 1.807) is 11.9 Å². The zero-order chi connectivity index (χ0) is 14.8. The molecule has 19 heavy (non-hydrogen) atoms. The number of aliphatic carboxylic acids is 1. The van der Waals surface area contributed by atoms with Crippen molar-refractivity contribution in [1.29, 1.82) is 0 Å². The third-order valence-electron chi connectivity index (χ3n) is 3.52. The van der Waals surface area contributed by atoms with E-state index in [0.29, 0.717) is 37.8 Å². The maximum absolute atomic E-state index is 11.9. The predicted molar refractivity (Wildman–Crippen MR) is 75.7 cm³/mol. The van der Waals surface area contributed by atoms with Crippen molar-refractivity contribution < 1.29 is 14.7 Å². The molecule has 3 N–H and O–H groups in total. The van der Waals surface area contributed by atoms with Crippen molar-refractivity contribution in [3.63, 3.8) is 0 Å². The van der Waals surface area contributed by atoms with E-state index in [1.165, 1.54) is 0 Å². The molecule has 0 saturated heterocycles. The Morgan fingerprint density at radius 3 is 2.32 bits per heavy atom. The largest absolute Gasteiger partial charge is 0.481 e. The Hall–Kier alpha value is -1.10. The van der Waals surface area contributed by atoms with E-state index < -0.39 is 5.97 Å². The first-order valence-electron chi connectivity index (χ1n) is 7.04. The fourth-order valence-corrected chi connectivity index (χ4v) is 2.12. The number of carbonyl (C=O) groups is 2. The summed E-state index contributed by atoms with van der Waals surface area (Å²) in [6.07, 6.45) is 2.95. The van der Waals surface area contributed by atoms with Crippen LogP contribution in [0.1, 0.15) is 46.0 Å². The van der Waals surface area contributed by atoms with Gasteiger partial charge in [-0.3, -0.25) is 9.59 Å². The summed E-state index contributed by atoms with van der Waals surface area (Å²) in [6.45, 7) is 5.47. The molecule has 112 valence electrons. The van der Waals surface area contributed by atoms with Crippen LogP contribution in [0.15, 0.2) is 0 Å². The highest BCUT2D eigenvalue weighted by molar-refractivity contribution is 5.75. The summed E-state index contributed by atoms with van der Waals surface area (Å²) in [5.41, 5.74) is 5.58. The van der Waals surface area contributed by atoms with Crippen LogP contribution in [0.2, 0.25) is 0 Å². The molecule has 1 amide bonds. The number of carbonyl (C=O) groups excluding carboxylic acids is 1. The smallest absolute Gasteiger partial charge is 0.303 e. The minimum atomic E-state index is -0.816. The van der Waals surface area contributed by atoms with Crippen LogP contribution >= 0.6 is 0 Å². The molecule has 0 bridgehead atoms. The Morgan fingerprint density at radius 2 is 1.84 bits per heavy atom. The van der Waals surface area contributed by atoms with Crippen LogP contribution < -0.4 is 5.73 Å². The molecule has 0 aromatic carbocycles. The SMILES string of the molecule is CC(C)C(CCN)CCC(=O)N(C)CCCC(=O)O. The van der Waals surface area contributed by atoms with Crippen molar-refractivity contribution >= 4 is 11.9 Å². The third-order valence-corrected chi connectivity index (χ3v) is 3.52. The number of carboxylic acids is 1. The van der Waals surface area contributed by atoms with E-state index in [0.717, 1.165) is 12.8 Å². The van der Waals surface area contributed by atoms with Gasteiger partial charge in [0.05, 0.1) is 0 Å². The fraction of sp³-hybridized carbons (Fsp3) is 0.857. The summed E-state index contributed by atoms with van der Waals surface area (Å²) >= 11 is 0. The van der Waals surface area contributed by atoms with Crippen molar-refractivity contribution in [3.8, 4) is 0 Å². The third kappa shape index (κ3) is 8.59. The zero-order valence-corrected chi connectivity index (χ0v) is 12.4. The van der Waals surface area contributed by atoms with Crippen LogP contribution in [0.4, 0.5) is 0 Å². The lowest BCUT2D eigenvalue weighted by atomic mass is 9.88. The second-order valence-corrected chi connectivity index (χ2v) is 5.43. The number of carboxylic acid groups (broad SMARTS) is 1. The highest BCUT2D eigenvalue weighted by Crippen LogP contribution is 2.20. The predicted octanol–water partition coefficient (Wildman–Crippen LogP) is 1.71. The molecule has 0 fully saturated rings. The van der Waals surface area contributed by atoms with E-state index in [4.69, 9.17) is 10.8 Å². The molecule has 0 rings (SSSR count). The number of hydrogen-bond donors (Lipinski definition) is 2. The molecule has 0 aliphatic rings. The number of hydrogen-bond acceptors (Lipinski definition) is 3. The lowest BCUT2D eigenvalue weighted by Crippen LogP contribution is -2.29. The van der Waals surface area contributed by atoms with Crippen molar-refractivity contribution in [2.24, 2.45) is 17.6 Å². The summed E-state index contributed by atoms with van der Waals surface area (Å²) in [4.78, 5) is 23.9. The van der Waals surface area contributed by atoms with Gasteiger partial charge in [-0.25, -0.2) is 0 Å². The molecule has 0 aliphatic heterocycles. The topological polar surface area (TPSA) is 83.6 Å². The second-order valence-electron chi connectivity index (χ2n) is 5.43. The summed E-state index contributed by atoms with van der Waals surface area (Å²) in [5, 5.41) is 8.55. The molecule has 0 saturated carbocycles. The first kappa shape index (κ1) is 17.9. The van der Waals surface area contributed by atoms with Gasteiger partial charge in [0.1, 0.15) is 0 Å². The fourth-order valence-electron chi connectivity index (χ4n) is 2.12. The molecule has 0 aromatic heterocycles. The Balaban J connectivity index is 3.97. The average Bonchev–Trinajstić information content (AvgIpc) is 2.32. The molecule has 0 radical (unpaired) electrons. The Labute approximate surface area is 116 Å². The standard InChI is InChI=1S/C14H28N2O3/c1-11(2)12(8-9-15)6-7-13(17)16(3)10-4-5-14(18)19/h11-12H,4-10,15H2,1-3H3,(H,18,19). The molecular weight excluding hydrogens is 244 g/mol. The second kappa shape index (κ2) is 9.78. The zero-order valence-electron chi connectivity index (χ0n) is 12.4. The van der Waals surface area contributed by atoms with Crippen LogP contribution in [-0.4, -0.2) is 42.0 Å². The molecule has 0 aromatic rings. The Bertz CT molecular complexity index is 280. The maximum atomic E-state index is 11.9. The van der Waals surface area contributed by atoms with E-state index >= 15 is 0 Å². The highest BCUT2D eigenvalue weighted by Gasteiger charge is 2.16. The van der Waals surface area contributed by atoms with Gasteiger partial charge >= 0.3 is 5.97 Å². The first-order chi connectivity index (χ1) is 8.88. The van der Waals surface area contributed by atoms with E-state index in [1.807, 2.05) is 0 Å². The average molecular weight is 272 g/mol. The van der Waals surface area contributed by atoms with Gasteiger partial charge in [0.2, 0.25) is 5.91 Å². The van der Waals surface area contributed by atoms with Gasteiger partial charge in [-0.05, 0) is 37.6 Å². The minimum absolute atomic E-state index is 0.0908. The molecule has 0 heterocycles. The van der Waals surface area contributed by atoms with Gasteiger partial charge in [0, 0.05) is 26.4 Å². The van der Waals surface area contributed by atoms with Gasteiger partial charge < -0.3 is 15.7 Å². The number of nitrogens with zero attached hydrogens (tertiary/aromatic N) is 1. The summed E-state index contributed by atoms with van der Waals surface area (Å²) in [6, 6.07) is 0. The van der Waals surface area contributed by atoms with Crippen molar-refractivity contribution in [2.45, 2.75) is 46.0 Å². The van der Waals surface area contributed by atoms with Crippen LogP contribution in [0, 0.1) is 11.8 Å². The lowest BCUT2D eigenvalue weighted by Gasteiger charge is -2.22. The van der Waals surface area contributed by atoms with Crippen molar-refractivity contribution in [1.82, 2.24) is 4.90 Å². The quantitative estimate of drug-likeness (QED) is 0.634. The van der Waals surface area contributed by atoms with Crippen LogP contribution in [0.5, 0.6) is 0 Å². The van der Waals surface area contributed by atoms with Gasteiger partial charge in [-0.1, -0.05) is 13.8 Å². The molecule has 5 nitrogen and oxygen atoms in total. The number of amides is 1.